The number of hydrogen-bond acceptors (Lipinski definition) is 2. The Hall–Kier alpha value is -2.11. The van der Waals surface area contributed by atoms with Crippen molar-refractivity contribution >= 4 is 37.3 Å². The van der Waals surface area contributed by atoms with Crippen LogP contribution in [0.3, 0.4) is 0 Å². The van der Waals surface area contributed by atoms with Crippen molar-refractivity contribution in [3.05, 3.63) is 87.9 Å². The minimum Gasteiger partial charge on any atom is -0.234 e. The van der Waals surface area contributed by atoms with Crippen molar-refractivity contribution < 1.29 is 8.42 Å². The maximum Gasteiger partial charge on any atom is 0.268 e. The highest BCUT2D eigenvalue weighted by Crippen LogP contribution is 2.51. The number of benzene rings is 3. The van der Waals surface area contributed by atoms with Crippen LogP contribution in [0.5, 0.6) is 0 Å². The van der Waals surface area contributed by atoms with Crippen LogP contribution in [0.4, 0.5) is 11.4 Å². The largest absolute Gasteiger partial charge is 0.268 e. The molecule has 138 valence electrons. The number of aryl methyl sites for hydroxylation is 1. The van der Waals surface area contributed by atoms with Crippen LogP contribution in [-0.4, -0.2) is 8.42 Å². The third-order valence-corrected chi connectivity index (χ3v) is 7.44. The Morgan fingerprint density at radius 2 is 1.48 bits per heavy atom. The molecule has 0 aliphatic carbocycles. The molecule has 3 aromatic carbocycles. The lowest BCUT2D eigenvalue weighted by Crippen LogP contribution is -2.36. The minimum atomic E-state index is -3.75. The molecule has 1 aliphatic rings. The Kier molecular flexibility index (Phi) is 4.20. The standard InChI is InChI=1S/C22H20BrNO2S/c1-15-8-11-17(12-9-15)27(25,26)24-20-7-5-4-6-18(20)22(2,3)19-14-16(23)10-13-21(19)24/h4-14H,1-3H3. The second-order valence-electron chi connectivity index (χ2n) is 7.39. The second-order valence-corrected chi connectivity index (χ2v) is 10.1. The summed E-state index contributed by atoms with van der Waals surface area (Å²) in [5.41, 5.74) is 4.09. The molecule has 0 bridgehead atoms. The van der Waals surface area contributed by atoms with Gasteiger partial charge in [0.25, 0.3) is 10.0 Å². The highest BCUT2D eigenvalue weighted by atomic mass is 79.9. The molecule has 1 aliphatic heterocycles. The van der Waals surface area contributed by atoms with Gasteiger partial charge in [-0.2, -0.15) is 0 Å². The van der Waals surface area contributed by atoms with Crippen molar-refractivity contribution in [3.8, 4) is 0 Å². The van der Waals surface area contributed by atoms with Crippen molar-refractivity contribution in [3.63, 3.8) is 0 Å². The van der Waals surface area contributed by atoms with Gasteiger partial charge in [0.2, 0.25) is 0 Å². The van der Waals surface area contributed by atoms with Crippen LogP contribution in [0.25, 0.3) is 0 Å². The Morgan fingerprint density at radius 1 is 0.852 bits per heavy atom. The molecule has 0 fully saturated rings. The van der Waals surface area contributed by atoms with Crippen LogP contribution >= 0.6 is 15.9 Å². The molecular formula is C22H20BrNO2S. The zero-order valence-electron chi connectivity index (χ0n) is 15.4. The van der Waals surface area contributed by atoms with Gasteiger partial charge in [0.1, 0.15) is 0 Å². The summed E-state index contributed by atoms with van der Waals surface area (Å²) in [5.74, 6) is 0. The number of hydrogen-bond donors (Lipinski definition) is 0. The maximum atomic E-state index is 13.6. The molecule has 3 aromatic rings. The van der Waals surface area contributed by atoms with Crippen molar-refractivity contribution in [2.24, 2.45) is 0 Å². The van der Waals surface area contributed by atoms with E-state index in [4.69, 9.17) is 0 Å². The Labute approximate surface area is 168 Å². The molecular weight excluding hydrogens is 422 g/mol. The molecule has 0 radical (unpaired) electrons. The highest BCUT2D eigenvalue weighted by molar-refractivity contribution is 9.10. The minimum absolute atomic E-state index is 0.288. The molecule has 0 aromatic heterocycles. The van der Waals surface area contributed by atoms with Gasteiger partial charge in [-0.15, -0.1) is 0 Å². The molecule has 5 heteroatoms. The van der Waals surface area contributed by atoms with E-state index in [1.54, 1.807) is 12.1 Å². The molecule has 0 unspecified atom stereocenters. The number of anilines is 2. The van der Waals surface area contributed by atoms with E-state index in [0.29, 0.717) is 11.4 Å². The fourth-order valence-corrected chi connectivity index (χ4v) is 5.60. The third-order valence-electron chi connectivity index (χ3n) is 5.21. The quantitative estimate of drug-likeness (QED) is 0.494. The molecule has 0 amide bonds. The van der Waals surface area contributed by atoms with Gasteiger partial charge in [0.15, 0.2) is 0 Å². The topological polar surface area (TPSA) is 37.4 Å². The summed E-state index contributed by atoms with van der Waals surface area (Å²) < 4.78 is 29.7. The van der Waals surface area contributed by atoms with Crippen LogP contribution in [0, 0.1) is 6.92 Å². The Morgan fingerprint density at radius 3 is 2.19 bits per heavy atom. The Bertz CT molecular complexity index is 1140. The van der Waals surface area contributed by atoms with Gasteiger partial charge in [-0.25, -0.2) is 12.7 Å². The van der Waals surface area contributed by atoms with Crippen molar-refractivity contribution in [2.75, 3.05) is 4.31 Å². The van der Waals surface area contributed by atoms with Crippen LogP contribution in [0.2, 0.25) is 0 Å². The first-order valence-corrected chi connectivity index (χ1v) is 11.0. The summed E-state index contributed by atoms with van der Waals surface area (Å²) in [7, 11) is -3.75. The lowest BCUT2D eigenvalue weighted by Gasteiger charge is -2.41. The fourth-order valence-electron chi connectivity index (χ4n) is 3.71. The number of sulfonamides is 1. The van der Waals surface area contributed by atoms with Gasteiger partial charge >= 0.3 is 0 Å². The molecule has 0 N–H and O–H groups in total. The summed E-state index contributed by atoms with van der Waals surface area (Å²) in [6, 6.07) is 20.5. The van der Waals surface area contributed by atoms with E-state index >= 15 is 0 Å². The average Bonchev–Trinajstić information content (AvgIpc) is 2.63. The lowest BCUT2D eigenvalue weighted by atomic mass is 9.74. The van der Waals surface area contributed by atoms with Gasteiger partial charge in [-0.1, -0.05) is 65.7 Å². The Balaban J connectivity index is 2.03. The molecule has 4 rings (SSSR count). The van der Waals surface area contributed by atoms with Gasteiger partial charge in [0.05, 0.1) is 16.3 Å². The predicted octanol–water partition coefficient (Wildman–Crippen LogP) is 5.92. The lowest BCUT2D eigenvalue weighted by molar-refractivity contribution is 0.590. The molecule has 0 spiro atoms. The zero-order valence-corrected chi connectivity index (χ0v) is 17.8. The molecule has 0 atom stereocenters. The molecule has 0 saturated heterocycles. The SMILES string of the molecule is Cc1ccc(S(=O)(=O)N2c3ccccc3C(C)(C)c3cc(Br)ccc32)cc1. The first kappa shape index (κ1) is 18.3. The van der Waals surface area contributed by atoms with E-state index < -0.39 is 10.0 Å². The summed E-state index contributed by atoms with van der Waals surface area (Å²) in [6.45, 7) is 6.21. The monoisotopic (exact) mass is 441 g/mol. The third kappa shape index (κ3) is 2.80. The summed E-state index contributed by atoms with van der Waals surface area (Å²) in [4.78, 5) is 0.288. The van der Waals surface area contributed by atoms with Crippen LogP contribution in [-0.2, 0) is 15.4 Å². The van der Waals surface area contributed by atoms with E-state index in [9.17, 15) is 8.42 Å². The number of halogens is 1. The van der Waals surface area contributed by atoms with E-state index in [2.05, 4.69) is 29.8 Å². The van der Waals surface area contributed by atoms with E-state index in [-0.39, 0.29) is 10.3 Å². The van der Waals surface area contributed by atoms with Gasteiger partial charge in [-0.05, 0) is 54.4 Å². The smallest absolute Gasteiger partial charge is 0.234 e. The number of fused-ring (bicyclic) bond motifs is 2. The van der Waals surface area contributed by atoms with E-state index in [0.717, 1.165) is 21.2 Å². The molecule has 3 nitrogen and oxygen atoms in total. The number of nitrogens with zero attached hydrogens (tertiary/aromatic N) is 1. The second kappa shape index (κ2) is 6.21. The zero-order chi connectivity index (χ0) is 19.4. The van der Waals surface area contributed by atoms with Crippen molar-refractivity contribution in [2.45, 2.75) is 31.1 Å². The summed E-state index contributed by atoms with van der Waals surface area (Å²) in [6.07, 6.45) is 0. The first-order chi connectivity index (χ1) is 12.7. The van der Waals surface area contributed by atoms with Crippen LogP contribution < -0.4 is 4.31 Å². The molecule has 0 saturated carbocycles. The van der Waals surface area contributed by atoms with Gasteiger partial charge in [-0.3, -0.25) is 0 Å². The van der Waals surface area contributed by atoms with Crippen LogP contribution in [0.1, 0.15) is 30.5 Å². The van der Waals surface area contributed by atoms with E-state index in [1.165, 1.54) is 4.31 Å². The first-order valence-electron chi connectivity index (χ1n) is 8.74. The fraction of sp³-hybridized carbons (Fsp3) is 0.182. The predicted molar refractivity (Wildman–Crippen MR) is 113 cm³/mol. The number of para-hydroxylation sites is 1. The van der Waals surface area contributed by atoms with Crippen molar-refractivity contribution in [1.82, 2.24) is 0 Å². The van der Waals surface area contributed by atoms with Crippen molar-refractivity contribution in [1.29, 1.82) is 0 Å². The van der Waals surface area contributed by atoms with Gasteiger partial charge in [0, 0.05) is 9.89 Å². The van der Waals surface area contributed by atoms with Gasteiger partial charge < -0.3 is 0 Å². The normalized spacial score (nSPS) is 15.2. The number of rotatable bonds is 2. The molecule has 1 heterocycles. The summed E-state index contributed by atoms with van der Waals surface area (Å²) >= 11 is 3.54. The van der Waals surface area contributed by atoms with E-state index in [1.807, 2.05) is 61.5 Å². The summed E-state index contributed by atoms with van der Waals surface area (Å²) in [5, 5.41) is 0. The van der Waals surface area contributed by atoms with Crippen LogP contribution in [0.15, 0.2) is 76.1 Å². The maximum absolute atomic E-state index is 13.6. The average molecular weight is 442 g/mol. The molecule has 27 heavy (non-hydrogen) atoms. The highest BCUT2D eigenvalue weighted by Gasteiger charge is 2.41.